The highest BCUT2D eigenvalue weighted by atomic mass is 16.5. The van der Waals surface area contributed by atoms with Crippen LogP contribution in [0.2, 0.25) is 0 Å². The number of carbonyl (C=O) groups is 1. The zero-order valence-corrected chi connectivity index (χ0v) is 36.2. The first-order valence-electron chi connectivity index (χ1n) is 23.1. The van der Waals surface area contributed by atoms with Crippen LogP contribution in [0.5, 0.6) is 0 Å². The van der Waals surface area contributed by atoms with E-state index in [2.05, 4.69) is 51.6 Å². The summed E-state index contributed by atoms with van der Waals surface area (Å²) in [5.41, 5.74) is 0. The number of carbonyl (C=O) groups excluding carboxylic acids is 1. The van der Waals surface area contributed by atoms with E-state index in [0.29, 0.717) is 18.4 Å². The molecule has 0 radical (unpaired) electrons. The molecule has 0 saturated heterocycles. The summed E-state index contributed by atoms with van der Waals surface area (Å²) in [7, 11) is 4.37. The van der Waals surface area contributed by atoms with Gasteiger partial charge in [0.1, 0.15) is 0 Å². The van der Waals surface area contributed by atoms with Crippen molar-refractivity contribution in [2.45, 2.75) is 220 Å². The lowest BCUT2D eigenvalue weighted by Gasteiger charge is -2.24. The molecule has 2 unspecified atom stereocenters. The molecule has 0 heterocycles. The third-order valence-electron chi connectivity index (χ3n) is 10.9. The fourth-order valence-electron chi connectivity index (χ4n) is 7.23. The van der Waals surface area contributed by atoms with Crippen molar-refractivity contribution in [3.05, 3.63) is 0 Å². The summed E-state index contributed by atoms with van der Waals surface area (Å²) >= 11 is 0. The van der Waals surface area contributed by atoms with Crippen LogP contribution in [0.1, 0.15) is 220 Å². The summed E-state index contributed by atoms with van der Waals surface area (Å²) in [6.45, 7) is 15.1. The van der Waals surface area contributed by atoms with Crippen molar-refractivity contribution in [3.8, 4) is 0 Å². The maximum atomic E-state index is 12.7. The predicted octanol–water partition coefficient (Wildman–Crippen LogP) is 13.4. The van der Waals surface area contributed by atoms with Gasteiger partial charge >= 0.3 is 5.97 Å². The molecular weight excluding hydrogens is 643 g/mol. The van der Waals surface area contributed by atoms with Crippen molar-refractivity contribution in [1.29, 1.82) is 5.41 Å². The average Bonchev–Trinajstić information content (AvgIpc) is 3.13. The molecule has 0 fully saturated rings. The Kier molecular flexibility index (Phi) is 38.7. The summed E-state index contributed by atoms with van der Waals surface area (Å²) in [4.78, 5) is 17.7. The zero-order valence-electron chi connectivity index (χ0n) is 36.2. The fraction of sp³-hybridized carbons (Fsp3) is 0.957. The molecule has 52 heavy (non-hydrogen) atoms. The van der Waals surface area contributed by atoms with Crippen molar-refractivity contribution < 1.29 is 14.3 Å². The lowest BCUT2D eigenvalue weighted by Crippen LogP contribution is -2.33. The Morgan fingerprint density at radius 2 is 0.827 bits per heavy atom. The maximum absolute atomic E-state index is 12.7. The lowest BCUT2D eigenvalue weighted by molar-refractivity contribution is -0.149. The van der Waals surface area contributed by atoms with E-state index in [1.54, 1.807) is 0 Å². The molecule has 0 aliphatic heterocycles. The Morgan fingerprint density at radius 3 is 1.31 bits per heavy atom. The number of hydrogen-bond donors (Lipinski definition) is 1. The molecule has 0 amide bonds. The molecule has 0 aromatic carbocycles. The van der Waals surface area contributed by atoms with Crippen LogP contribution in [0, 0.1) is 17.2 Å². The first kappa shape index (κ1) is 50.9. The van der Waals surface area contributed by atoms with E-state index in [4.69, 9.17) is 14.9 Å². The Hall–Kier alpha value is -1.14. The van der Waals surface area contributed by atoms with Crippen LogP contribution in [0.4, 0.5) is 0 Å². The number of hydrogen-bond acceptors (Lipinski definition) is 6. The molecule has 0 saturated carbocycles. The number of ether oxygens (including phenoxy) is 2. The van der Waals surface area contributed by atoms with Crippen molar-refractivity contribution in [1.82, 2.24) is 9.80 Å². The quantitative estimate of drug-likeness (QED) is 0.0293. The van der Waals surface area contributed by atoms with Gasteiger partial charge in [0.25, 0.3) is 0 Å². The van der Waals surface area contributed by atoms with Gasteiger partial charge in [-0.05, 0) is 78.6 Å². The van der Waals surface area contributed by atoms with Gasteiger partial charge in [-0.15, -0.1) is 0 Å². The minimum atomic E-state index is 0.0676. The van der Waals surface area contributed by atoms with E-state index in [1.807, 2.05) is 0 Å². The van der Waals surface area contributed by atoms with Crippen molar-refractivity contribution in [2.24, 2.45) is 11.8 Å². The molecule has 0 spiro atoms. The summed E-state index contributed by atoms with van der Waals surface area (Å²) in [6.07, 6.45) is 36.6. The van der Waals surface area contributed by atoms with Gasteiger partial charge in [-0.1, -0.05) is 169 Å². The first-order valence-corrected chi connectivity index (χ1v) is 23.1. The van der Waals surface area contributed by atoms with Crippen LogP contribution in [0.15, 0.2) is 0 Å². The Bertz CT molecular complexity index is 705. The molecule has 0 aliphatic carbocycles. The maximum Gasteiger partial charge on any atom is 0.308 e. The van der Waals surface area contributed by atoms with Crippen molar-refractivity contribution >= 4 is 11.9 Å². The smallest absolute Gasteiger partial charge is 0.308 e. The summed E-state index contributed by atoms with van der Waals surface area (Å²) in [5, 5.41) is 8.50. The number of nitrogens with one attached hydrogen (secondary N) is 1. The van der Waals surface area contributed by atoms with Gasteiger partial charge in [0, 0.05) is 19.0 Å². The summed E-state index contributed by atoms with van der Waals surface area (Å²) in [5.74, 6) is 1.09. The van der Waals surface area contributed by atoms with E-state index >= 15 is 0 Å². The first-order chi connectivity index (χ1) is 25.4. The lowest BCUT2D eigenvalue weighted by atomic mass is 9.95. The number of rotatable bonds is 41. The number of unbranched alkanes of at least 4 members (excludes halogenated alkanes) is 20. The Balaban J connectivity index is 4.00. The number of nitrogens with zero attached hydrogens (tertiary/aromatic N) is 2. The standard InChI is InChI=1S/C46H93N3O3/c1-7-11-15-27-35-43(33-13-9-3)45(47)51-41-31-25-21-17-19-23-29-37-49(40-39-48(5)6)38-30-24-20-18-22-26-32-42-52-46(50)44(34-14-10-4)36-28-16-12-8-2/h43-44,47H,7-42H2,1-6H3. The van der Waals surface area contributed by atoms with Crippen LogP contribution in [-0.4, -0.2) is 75.2 Å². The van der Waals surface area contributed by atoms with E-state index in [1.165, 1.54) is 154 Å². The molecule has 0 bridgehead atoms. The van der Waals surface area contributed by atoms with Gasteiger partial charge in [-0.3, -0.25) is 10.2 Å². The Morgan fingerprint density at radius 1 is 0.442 bits per heavy atom. The van der Waals surface area contributed by atoms with Gasteiger partial charge in [0.05, 0.1) is 19.1 Å². The third-order valence-corrected chi connectivity index (χ3v) is 10.9. The molecule has 6 heteroatoms. The van der Waals surface area contributed by atoms with E-state index in [-0.39, 0.29) is 11.9 Å². The average molecular weight is 736 g/mol. The molecule has 0 rings (SSSR count). The van der Waals surface area contributed by atoms with Gasteiger partial charge in [0.15, 0.2) is 5.90 Å². The highest BCUT2D eigenvalue weighted by molar-refractivity contribution is 5.75. The van der Waals surface area contributed by atoms with Crippen LogP contribution in [0.3, 0.4) is 0 Å². The van der Waals surface area contributed by atoms with Gasteiger partial charge in [-0.2, -0.15) is 0 Å². The molecule has 0 aliphatic rings. The normalized spacial score (nSPS) is 12.8. The third kappa shape index (κ3) is 33.4. The van der Waals surface area contributed by atoms with Crippen LogP contribution in [-0.2, 0) is 14.3 Å². The zero-order chi connectivity index (χ0) is 38.3. The SMILES string of the molecule is CCCCCCC(CCCC)C(=N)OCCCCCCCCCN(CCCCCCCCCOC(=O)C(CCCC)CCCCCC)CCN(C)C. The fourth-order valence-corrected chi connectivity index (χ4v) is 7.23. The topological polar surface area (TPSA) is 65.9 Å². The second-order valence-corrected chi connectivity index (χ2v) is 16.4. The molecule has 6 nitrogen and oxygen atoms in total. The highest BCUT2D eigenvalue weighted by Gasteiger charge is 2.19. The molecule has 1 N–H and O–H groups in total. The molecule has 0 aromatic rings. The molecule has 310 valence electrons. The predicted molar refractivity (Wildman–Crippen MR) is 228 cm³/mol. The van der Waals surface area contributed by atoms with Crippen molar-refractivity contribution in [3.63, 3.8) is 0 Å². The summed E-state index contributed by atoms with van der Waals surface area (Å²) in [6, 6.07) is 0. The van der Waals surface area contributed by atoms with Crippen molar-refractivity contribution in [2.75, 3.05) is 53.5 Å². The molecule has 2 atom stereocenters. The highest BCUT2D eigenvalue weighted by Crippen LogP contribution is 2.21. The molecular formula is C46H93N3O3. The van der Waals surface area contributed by atoms with Crippen LogP contribution < -0.4 is 0 Å². The van der Waals surface area contributed by atoms with Crippen LogP contribution >= 0.6 is 0 Å². The number of likely N-dealkylation sites (N-methyl/N-ethyl adjacent to an activating group) is 1. The van der Waals surface area contributed by atoms with E-state index in [9.17, 15) is 4.79 Å². The Labute approximate surface area is 326 Å². The molecule has 0 aromatic heterocycles. The largest absolute Gasteiger partial charge is 0.481 e. The monoisotopic (exact) mass is 736 g/mol. The minimum Gasteiger partial charge on any atom is -0.481 e. The van der Waals surface area contributed by atoms with Gasteiger partial charge in [-0.25, -0.2) is 0 Å². The second-order valence-electron chi connectivity index (χ2n) is 16.4. The van der Waals surface area contributed by atoms with Gasteiger partial charge in [0.2, 0.25) is 0 Å². The summed E-state index contributed by atoms with van der Waals surface area (Å²) < 4.78 is 11.7. The van der Waals surface area contributed by atoms with Crippen LogP contribution in [0.25, 0.3) is 0 Å². The number of esters is 1. The second kappa shape index (κ2) is 39.6. The minimum absolute atomic E-state index is 0.0676. The van der Waals surface area contributed by atoms with Gasteiger partial charge < -0.3 is 19.3 Å². The van der Waals surface area contributed by atoms with E-state index < -0.39 is 0 Å². The van der Waals surface area contributed by atoms with E-state index in [0.717, 1.165) is 70.9 Å².